The molecule has 5 rings (SSSR count). The zero-order chi connectivity index (χ0) is 25.1. The van der Waals surface area contributed by atoms with E-state index in [2.05, 4.69) is 17.1 Å². The normalized spacial score (nSPS) is 22.2. The number of fused-ring (bicyclic) bond motifs is 2. The number of anilines is 1. The zero-order valence-electron chi connectivity index (χ0n) is 21.1. The van der Waals surface area contributed by atoms with Gasteiger partial charge in [-0.1, -0.05) is 31.2 Å². The predicted octanol–water partition coefficient (Wildman–Crippen LogP) is 3.69. The highest BCUT2D eigenvalue weighted by molar-refractivity contribution is 6.11. The third-order valence-electron chi connectivity index (χ3n) is 7.70. The molecule has 0 radical (unpaired) electrons. The van der Waals surface area contributed by atoms with E-state index in [-0.39, 0.29) is 17.7 Å². The molecule has 3 heterocycles. The second kappa shape index (κ2) is 10.8. The number of hydrogen-bond acceptors (Lipinski definition) is 4. The number of nitrogens with zero attached hydrogens (tertiary/aromatic N) is 3. The number of amides is 3. The average molecular weight is 489 g/mol. The zero-order valence-corrected chi connectivity index (χ0v) is 21.1. The Bertz CT molecular complexity index is 1130. The molecule has 3 aliphatic rings. The first-order valence-electron chi connectivity index (χ1n) is 13.3. The van der Waals surface area contributed by atoms with Gasteiger partial charge >= 0.3 is 0 Å². The van der Waals surface area contributed by atoms with Gasteiger partial charge in [0.1, 0.15) is 6.04 Å². The number of benzene rings is 2. The van der Waals surface area contributed by atoms with E-state index in [1.807, 2.05) is 42.5 Å². The van der Waals surface area contributed by atoms with Gasteiger partial charge in [-0.3, -0.25) is 14.4 Å². The first-order chi connectivity index (χ1) is 17.5. The van der Waals surface area contributed by atoms with Crippen molar-refractivity contribution in [3.8, 4) is 0 Å². The van der Waals surface area contributed by atoms with Crippen LogP contribution in [-0.2, 0) is 11.3 Å². The Hall–Kier alpha value is -3.19. The van der Waals surface area contributed by atoms with E-state index < -0.39 is 6.04 Å². The lowest BCUT2D eigenvalue weighted by Gasteiger charge is -2.30. The molecule has 0 saturated carbocycles. The van der Waals surface area contributed by atoms with Gasteiger partial charge in [0.2, 0.25) is 5.91 Å². The lowest BCUT2D eigenvalue weighted by molar-refractivity contribution is -0.122. The van der Waals surface area contributed by atoms with Crippen LogP contribution in [0.15, 0.2) is 48.5 Å². The summed E-state index contributed by atoms with van der Waals surface area (Å²) in [6.45, 7) is 7.21. The molecule has 0 unspecified atom stereocenters. The second-order valence-electron chi connectivity index (χ2n) is 10.5. The molecule has 2 atom stereocenters. The Labute approximate surface area is 213 Å². The Balaban J connectivity index is 1.25. The fraction of sp³-hybridized carbons (Fsp3) is 0.483. The van der Waals surface area contributed by atoms with Crippen molar-refractivity contribution in [2.24, 2.45) is 5.92 Å². The van der Waals surface area contributed by atoms with Gasteiger partial charge < -0.3 is 20.0 Å². The summed E-state index contributed by atoms with van der Waals surface area (Å²) in [5.41, 5.74) is 2.66. The molecule has 7 heteroatoms. The van der Waals surface area contributed by atoms with Crippen molar-refractivity contribution in [1.82, 2.24) is 15.1 Å². The minimum absolute atomic E-state index is 0.0484. The molecule has 190 valence electrons. The Morgan fingerprint density at radius 3 is 2.72 bits per heavy atom. The molecular formula is C29H36N4O3. The van der Waals surface area contributed by atoms with Crippen molar-refractivity contribution in [1.29, 1.82) is 0 Å². The molecular weight excluding hydrogens is 452 g/mol. The number of para-hydroxylation sites is 1. The van der Waals surface area contributed by atoms with Crippen LogP contribution < -0.4 is 10.2 Å². The first kappa shape index (κ1) is 24.5. The van der Waals surface area contributed by atoms with E-state index >= 15 is 0 Å². The van der Waals surface area contributed by atoms with Crippen molar-refractivity contribution >= 4 is 23.4 Å². The van der Waals surface area contributed by atoms with Crippen LogP contribution in [0.4, 0.5) is 5.69 Å². The highest BCUT2D eigenvalue weighted by Crippen LogP contribution is 2.33. The van der Waals surface area contributed by atoms with Crippen LogP contribution >= 0.6 is 0 Å². The van der Waals surface area contributed by atoms with E-state index in [1.165, 1.54) is 12.8 Å². The van der Waals surface area contributed by atoms with E-state index in [0.717, 1.165) is 44.0 Å². The molecule has 1 N–H and O–H groups in total. The van der Waals surface area contributed by atoms with Crippen LogP contribution in [0.5, 0.6) is 0 Å². The van der Waals surface area contributed by atoms with Crippen molar-refractivity contribution in [2.75, 3.05) is 37.6 Å². The fourth-order valence-corrected chi connectivity index (χ4v) is 5.86. The van der Waals surface area contributed by atoms with Crippen LogP contribution in [0.25, 0.3) is 0 Å². The van der Waals surface area contributed by atoms with Crippen molar-refractivity contribution in [3.05, 3.63) is 65.2 Å². The van der Waals surface area contributed by atoms with Crippen LogP contribution in [0, 0.1) is 5.92 Å². The van der Waals surface area contributed by atoms with Crippen LogP contribution in [0.1, 0.15) is 65.3 Å². The predicted molar refractivity (Wildman–Crippen MR) is 140 cm³/mol. The van der Waals surface area contributed by atoms with E-state index in [0.29, 0.717) is 42.9 Å². The highest BCUT2D eigenvalue weighted by atomic mass is 16.2. The number of piperidine rings is 1. The molecule has 7 nitrogen and oxygen atoms in total. The molecule has 3 aliphatic heterocycles. The molecule has 2 aromatic carbocycles. The minimum atomic E-state index is -0.417. The Morgan fingerprint density at radius 2 is 1.86 bits per heavy atom. The number of hydrogen-bond donors (Lipinski definition) is 1. The molecule has 0 aliphatic carbocycles. The third kappa shape index (κ3) is 5.16. The molecule has 2 saturated heterocycles. The van der Waals surface area contributed by atoms with E-state index in [1.54, 1.807) is 15.9 Å². The molecule has 0 spiro atoms. The van der Waals surface area contributed by atoms with Crippen LogP contribution in [0.3, 0.4) is 0 Å². The maximum Gasteiger partial charge on any atom is 0.256 e. The van der Waals surface area contributed by atoms with Gasteiger partial charge in [-0.2, -0.15) is 0 Å². The van der Waals surface area contributed by atoms with Crippen LogP contribution in [0.2, 0.25) is 0 Å². The molecule has 0 aromatic heterocycles. The number of rotatable bonds is 7. The van der Waals surface area contributed by atoms with Gasteiger partial charge in [-0.15, -0.1) is 0 Å². The number of carbonyl (C=O) groups is 3. The standard InChI is InChI=1S/C29H36N4O3/c1-21-8-5-15-31(19-21)16-7-14-30-27(34)23-10-4-9-22(18-23)20-33-25-12-3-2-11-24(25)28(35)32-17-6-13-26(32)29(33)36/h2-4,9-12,18,21,26H,5-8,13-17,19-20H2,1H3,(H,30,34)/t21-,26-/m1/s1. The fourth-order valence-electron chi connectivity index (χ4n) is 5.86. The van der Waals surface area contributed by atoms with Crippen molar-refractivity contribution in [2.45, 2.75) is 51.6 Å². The summed E-state index contributed by atoms with van der Waals surface area (Å²) in [6, 6.07) is 14.4. The van der Waals surface area contributed by atoms with Gasteiger partial charge in [-0.05, 0) is 80.9 Å². The monoisotopic (exact) mass is 488 g/mol. The quantitative estimate of drug-likeness (QED) is 0.604. The van der Waals surface area contributed by atoms with Gasteiger partial charge in [0, 0.05) is 25.2 Å². The summed E-state index contributed by atoms with van der Waals surface area (Å²) >= 11 is 0. The summed E-state index contributed by atoms with van der Waals surface area (Å²) in [4.78, 5) is 45.5. The largest absolute Gasteiger partial charge is 0.352 e. The smallest absolute Gasteiger partial charge is 0.256 e. The number of likely N-dealkylation sites (tertiary alicyclic amines) is 1. The lowest BCUT2D eigenvalue weighted by Crippen LogP contribution is -2.44. The summed E-state index contributed by atoms with van der Waals surface area (Å²) in [7, 11) is 0. The maximum atomic E-state index is 13.5. The SMILES string of the molecule is C[C@@H]1CCCN(CCCNC(=O)c2cccc(CN3C(=O)[C@H]4CCCN4C(=O)c4ccccc43)c2)C1. The minimum Gasteiger partial charge on any atom is -0.352 e. The second-order valence-corrected chi connectivity index (χ2v) is 10.5. The van der Waals surface area contributed by atoms with Gasteiger partial charge in [0.15, 0.2) is 0 Å². The summed E-state index contributed by atoms with van der Waals surface area (Å²) in [6.07, 6.45) is 5.03. The van der Waals surface area contributed by atoms with Crippen LogP contribution in [-0.4, -0.2) is 66.3 Å². The molecule has 0 bridgehead atoms. The molecule has 2 aromatic rings. The first-order valence-corrected chi connectivity index (χ1v) is 13.3. The summed E-state index contributed by atoms with van der Waals surface area (Å²) in [5, 5.41) is 3.05. The van der Waals surface area contributed by atoms with Gasteiger partial charge in [-0.25, -0.2) is 0 Å². The average Bonchev–Trinajstić information content (AvgIpc) is 3.37. The van der Waals surface area contributed by atoms with Gasteiger partial charge in [0.05, 0.1) is 17.8 Å². The summed E-state index contributed by atoms with van der Waals surface area (Å²) in [5.74, 6) is 0.543. The topological polar surface area (TPSA) is 73.0 Å². The van der Waals surface area contributed by atoms with Crippen molar-refractivity contribution < 1.29 is 14.4 Å². The molecule has 2 fully saturated rings. The molecule has 3 amide bonds. The molecule has 36 heavy (non-hydrogen) atoms. The van der Waals surface area contributed by atoms with E-state index in [9.17, 15) is 14.4 Å². The van der Waals surface area contributed by atoms with Crippen molar-refractivity contribution in [3.63, 3.8) is 0 Å². The Kier molecular flexibility index (Phi) is 7.37. The highest BCUT2D eigenvalue weighted by Gasteiger charge is 2.41. The lowest BCUT2D eigenvalue weighted by atomic mass is 10.0. The maximum absolute atomic E-state index is 13.5. The number of nitrogens with one attached hydrogen (secondary N) is 1. The van der Waals surface area contributed by atoms with Gasteiger partial charge in [0.25, 0.3) is 11.8 Å². The summed E-state index contributed by atoms with van der Waals surface area (Å²) < 4.78 is 0. The van der Waals surface area contributed by atoms with E-state index in [4.69, 9.17) is 0 Å². The third-order valence-corrected chi connectivity index (χ3v) is 7.70. The Morgan fingerprint density at radius 1 is 1.03 bits per heavy atom. The number of carbonyl (C=O) groups excluding carboxylic acids is 3.